The summed E-state index contributed by atoms with van der Waals surface area (Å²) in [6.45, 7) is 3.67. The molecular weight excluding hydrogens is 318 g/mol. The van der Waals surface area contributed by atoms with Crippen LogP contribution in [0.15, 0.2) is 48.8 Å². The number of Topliss-reactive ketones (excluding diaryl/α,β-unsaturated/α-hetero) is 1. The maximum atomic E-state index is 12.1. The van der Waals surface area contributed by atoms with E-state index < -0.39 is 0 Å². The normalized spacial score (nSPS) is 10.2. The average molecular weight is 339 g/mol. The lowest BCUT2D eigenvalue weighted by Gasteiger charge is -2.20. The van der Waals surface area contributed by atoms with Crippen molar-refractivity contribution < 1.29 is 14.4 Å². The van der Waals surface area contributed by atoms with Crippen LogP contribution < -0.4 is 5.32 Å². The van der Waals surface area contributed by atoms with Crippen molar-refractivity contribution >= 4 is 23.3 Å². The van der Waals surface area contributed by atoms with Crippen LogP contribution in [0.5, 0.6) is 0 Å². The zero-order valence-corrected chi connectivity index (χ0v) is 14.4. The number of anilines is 1. The smallest absolute Gasteiger partial charge is 0.226 e. The molecule has 0 saturated carbocycles. The molecule has 0 saturated heterocycles. The van der Waals surface area contributed by atoms with Crippen molar-refractivity contribution in [3.63, 3.8) is 0 Å². The van der Waals surface area contributed by atoms with E-state index in [2.05, 4.69) is 10.3 Å². The summed E-state index contributed by atoms with van der Waals surface area (Å²) >= 11 is 0. The number of aromatic nitrogens is 1. The lowest BCUT2D eigenvalue weighted by molar-refractivity contribution is -0.129. The third kappa shape index (κ3) is 5.84. The third-order valence-corrected chi connectivity index (χ3v) is 3.70. The molecule has 0 aliphatic rings. The molecule has 1 N–H and O–H groups in total. The maximum absolute atomic E-state index is 12.1. The Bertz CT molecular complexity index is 760. The molecule has 2 aromatic rings. The summed E-state index contributed by atoms with van der Waals surface area (Å²) in [5.74, 6) is -0.372. The summed E-state index contributed by atoms with van der Waals surface area (Å²) in [5.41, 5.74) is 2.02. The van der Waals surface area contributed by atoms with Crippen molar-refractivity contribution in [3.8, 4) is 0 Å². The highest BCUT2D eigenvalue weighted by molar-refractivity contribution is 5.97. The number of nitrogens with zero attached hydrogens (tertiary/aromatic N) is 2. The van der Waals surface area contributed by atoms with Gasteiger partial charge in [0.2, 0.25) is 11.8 Å². The van der Waals surface area contributed by atoms with Crippen LogP contribution in [0.2, 0.25) is 0 Å². The van der Waals surface area contributed by atoms with E-state index in [1.54, 1.807) is 41.6 Å². The number of benzene rings is 1. The van der Waals surface area contributed by atoms with Crippen molar-refractivity contribution in [1.82, 2.24) is 9.88 Å². The zero-order chi connectivity index (χ0) is 18.2. The van der Waals surface area contributed by atoms with Gasteiger partial charge in [0.25, 0.3) is 0 Å². The van der Waals surface area contributed by atoms with Gasteiger partial charge in [0.15, 0.2) is 5.78 Å². The second kappa shape index (κ2) is 8.73. The molecule has 2 amide bonds. The van der Waals surface area contributed by atoms with E-state index >= 15 is 0 Å². The molecule has 0 bridgehead atoms. The van der Waals surface area contributed by atoms with Gasteiger partial charge in [-0.05, 0) is 30.7 Å². The van der Waals surface area contributed by atoms with Gasteiger partial charge in [-0.1, -0.05) is 18.2 Å². The van der Waals surface area contributed by atoms with Gasteiger partial charge in [0, 0.05) is 50.1 Å². The van der Waals surface area contributed by atoms with Gasteiger partial charge < -0.3 is 10.2 Å². The van der Waals surface area contributed by atoms with Crippen molar-refractivity contribution in [3.05, 3.63) is 59.9 Å². The fourth-order valence-corrected chi connectivity index (χ4v) is 2.34. The average Bonchev–Trinajstić information content (AvgIpc) is 2.59. The lowest BCUT2D eigenvalue weighted by atomic mass is 10.1. The fraction of sp³-hybridized carbons (Fsp3) is 0.263. The predicted octanol–water partition coefficient (Wildman–Crippen LogP) is 2.66. The Labute approximate surface area is 146 Å². The van der Waals surface area contributed by atoms with Crippen LogP contribution in [0, 0.1) is 0 Å². The highest BCUT2D eigenvalue weighted by atomic mass is 16.2. The molecule has 130 valence electrons. The molecule has 0 fully saturated rings. The van der Waals surface area contributed by atoms with Gasteiger partial charge in [0.05, 0.1) is 0 Å². The van der Waals surface area contributed by atoms with E-state index in [4.69, 9.17) is 0 Å². The van der Waals surface area contributed by atoms with Gasteiger partial charge in [-0.25, -0.2) is 0 Å². The Morgan fingerprint density at radius 1 is 1.12 bits per heavy atom. The highest BCUT2D eigenvalue weighted by Crippen LogP contribution is 2.12. The molecule has 0 aliphatic heterocycles. The number of carbonyl (C=O) groups excluding carboxylic acids is 3. The zero-order valence-electron chi connectivity index (χ0n) is 14.4. The van der Waals surface area contributed by atoms with E-state index in [0.717, 1.165) is 5.56 Å². The summed E-state index contributed by atoms with van der Waals surface area (Å²) in [6.07, 6.45) is 3.54. The molecule has 1 heterocycles. The predicted molar refractivity (Wildman–Crippen MR) is 95.0 cm³/mol. The quantitative estimate of drug-likeness (QED) is 0.787. The van der Waals surface area contributed by atoms with E-state index in [1.165, 1.54) is 13.8 Å². The Morgan fingerprint density at radius 3 is 2.56 bits per heavy atom. The van der Waals surface area contributed by atoms with Crippen molar-refractivity contribution in [2.75, 3.05) is 11.9 Å². The van der Waals surface area contributed by atoms with Gasteiger partial charge in [-0.3, -0.25) is 19.4 Å². The minimum atomic E-state index is -0.210. The van der Waals surface area contributed by atoms with E-state index in [-0.39, 0.29) is 24.0 Å². The number of ketones is 1. The topological polar surface area (TPSA) is 79.4 Å². The van der Waals surface area contributed by atoms with Crippen molar-refractivity contribution in [2.45, 2.75) is 26.8 Å². The number of pyridine rings is 1. The van der Waals surface area contributed by atoms with Crippen LogP contribution in [0.25, 0.3) is 0 Å². The van der Waals surface area contributed by atoms with Gasteiger partial charge >= 0.3 is 0 Å². The third-order valence-electron chi connectivity index (χ3n) is 3.70. The van der Waals surface area contributed by atoms with Crippen LogP contribution in [0.4, 0.5) is 5.69 Å². The summed E-state index contributed by atoms with van der Waals surface area (Å²) in [5, 5.41) is 2.75. The summed E-state index contributed by atoms with van der Waals surface area (Å²) in [4.78, 5) is 40.9. The van der Waals surface area contributed by atoms with E-state index in [1.807, 2.05) is 12.1 Å². The summed E-state index contributed by atoms with van der Waals surface area (Å²) in [6, 6.07) is 10.5. The number of hydrogen-bond acceptors (Lipinski definition) is 4. The molecule has 0 aliphatic carbocycles. The van der Waals surface area contributed by atoms with Crippen molar-refractivity contribution in [2.24, 2.45) is 0 Å². The number of amides is 2. The van der Waals surface area contributed by atoms with Crippen molar-refractivity contribution in [1.29, 1.82) is 0 Å². The second-order valence-electron chi connectivity index (χ2n) is 5.74. The van der Waals surface area contributed by atoms with Gasteiger partial charge in [-0.15, -0.1) is 0 Å². The highest BCUT2D eigenvalue weighted by Gasteiger charge is 2.12. The monoisotopic (exact) mass is 339 g/mol. The van der Waals surface area contributed by atoms with Crippen LogP contribution in [-0.2, 0) is 16.1 Å². The largest absolute Gasteiger partial charge is 0.338 e. The van der Waals surface area contributed by atoms with Gasteiger partial charge in [0.1, 0.15) is 0 Å². The molecule has 0 spiro atoms. The van der Waals surface area contributed by atoms with E-state index in [9.17, 15) is 14.4 Å². The molecule has 6 heteroatoms. The van der Waals surface area contributed by atoms with Crippen LogP contribution in [0.1, 0.15) is 36.2 Å². The molecule has 0 unspecified atom stereocenters. The number of carbonyl (C=O) groups is 3. The first kappa shape index (κ1) is 18.3. The molecule has 0 atom stereocenters. The van der Waals surface area contributed by atoms with Crippen LogP contribution >= 0.6 is 0 Å². The van der Waals surface area contributed by atoms with Crippen LogP contribution in [-0.4, -0.2) is 34.0 Å². The molecule has 1 aromatic heterocycles. The number of hydrogen-bond donors (Lipinski definition) is 1. The maximum Gasteiger partial charge on any atom is 0.226 e. The lowest BCUT2D eigenvalue weighted by Crippen LogP contribution is -2.31. The first-order valence-corrected chi connectivity index (χ1v) is 8.01. The molecule has 6 nitrogen and oxygen atoms in total. The molecule has 1 aromatic carbocycles. The fourth-order valence-electron chi connectivity index (χ4n) is 2.34. The molecular formula is C19H21N3O3. The Kier molecular flexibility index (Phi) is 6.39. The Balaban J connectivity index is 1.91. The summed E-state index contributed by atoms with van der Waals surface area (Å²) < 4.78 is 0. The minimum absolute atomic E-state index is 0.0599. The first-order valence-electron chi connectivity index (χ1n) is 8.01. The number of rotatable bonds is 7. The summed E-state index contributed by atoms with van der Waals surface area (Å²) in [7, 11) is 0. The van der Waals surface area contributed by atoms with Crippen LogP contribution in [0.3, 0.4) is 0 Å². The number of nitrogens with one attached hydrogen (secondary N) is 1. The Hall–Kier alpha value is -3.02. The Morgan fingerprint density at radius 2 is 1.92 bits per heavy atom. The molecule has 2 rings (SSSR count). The standard InChI is InChI=1S/C19H21N3O3/c1-14(23)17-6-3-7-18(11-17)21-19(25)8-10-22(15(2)24)13-16-5-4-9-20-12-16/h3-7,9,11-12H,8,10,13H2,1-2H3,(H,21,25). The van der Waals surface area contributed by atoms with Gasteiger partial charge in [-0.2, -0.15) is 0 Å². The van der Waals surface area contributed by atoms with E-state index in [0.29, 0.717) is 24.3 Å². The minimum Gasteiger partial charge on any atom is -0.338 e. The molecule has 25 heavy (non-hydrogen) atoms. The SMILES string of the molecule is CC(=O)c1cccc(NC(=O)CCN(Cc2cccnc2)C(C)=O)c1. The first-order chi connectivity index (χ1) is 12.0. The molecule has 0 radical (unpaired) electrons. The second-order valence-corrected chi connectivity index (χ2v) is 5.74.